The third-order valence-corrected chi connectivity index (χ3v) is 4.73. The van der Waals surface area contributed by atoms with E-state index in [1.807, 2.05) is 0 Å². The van der Waals surface area contributed by atoms with Crippen molar-refractivity contribution in [2.75, 3.05) is 6.61 Å². The number of amides is 1. The van der Waals surface area contributed by atoms with E-state index in [4.69, 9.17) is 18.9 Å². The molecule has 0 aliphatic carbocycles. The van der Waals surface area contributed by atoms with Gasteiger partial charge in [-0.2, -0.15) is 0 Å². The normalized spacial score (nSPS) is 26.2. The van der Waals surface area contributed by atoms with E-state index in [-0.39, 0.29) is 6.61 Å². The first-order chi connectivity index (χ1) is 14.7. The van der Waals surface area contributed by atoms with Crippen LogP contribution in [0.4, 0.5) is 0 Å². The molecule has 1 aliphatic rings. The first-order valence-corrected chi connectivity index (χ1v) is 10.9. The van der Waals surface area contributed by atoms with E-state index in [1.54, 1.807) is 62.3 Å². The van der Waals surface area contributed by atoms with Crippen molar-refractivity contribution in [1.29, 1.82) is 0 Å². The molecule has 0 spiro atoms. The number of nitrogens with one attached hydrogen (secondary N) is 1. The Hall–Kier alpha value is -2.20. The fourth-order valence-electron chi connectivity index (χ4n) is 2.65. The largest absolute Gasteiger partial charge is 0.462 e. The van der Waals surface area contributed by atoms with Gasteiger partial charge < -0.3 is 29.4 Å². The summed E-state index contributed by atoms with van der Waals surface area (Å²) in [5, 5.41) is 13.6. The molecule has 10 nitrogen and oxygen atoms in total. The zero-order chi connectivity index (χ0) is 25.9. The lowest BCUT2D eigenvalue weighted by atomic mass is 9.93. The van der Waals surface area contributed by atoms with Gasteiger partial charge in [0, 0.05) is 6.92 Å². The van der Waals surface area contributed by atoms with Crippen LogP contribution in [0.25, 0.3) is 0 Å². The molecule has 1 aliphatic heterocycles. The summed E-state index contributed by atoms with van der Waals surface area (Å²) < 4.78 is 22.2. The number of carbonyl (C=O) groups is 4. The maximum absolute atomic E-state index is 12.6. The number of aliphatic hydroxyl groups is 1. The number of hydrogen-bond donors (Lipinski definition) is 2. The number of ether oxygens (including phenoxy) is 4. The van der Waals surface area contributed by atoms with E-state index in [1.165, 1.54) is 6.92 Å². The molecule has 1 rings (SSSR count). The molecule has 5 atom stereocenters. The molecule has 1 amide bonds. The van der Waals surface area contributed by atoms with E-state index in [0.29, 0.717) is 0 Å². The fraction of sp³-hybridized carbons (Fsp3) is 0.826. The predicted octanol–water partition coefficient (Wildman–Crippen LogP) is 1.71. The average molecular weight is 474 g/mol. The van der Waals surface area contributed by atoms with Crippen molar-refractivity contribution in [3.05, 3.63) is 0 Å². The Morgan fingerprint density at radius 2 is 1.27 bits per heavy atom. The lowest BCUT2D eigenvalue weighted by molar-refractivity contribution is -0.273. The SMILES string of the molecule is CC(=O)N[C@H]1[C@H](OC(=O)C(C)(C)C)O[C@H](COC(=O)C(C)(C)C)[C@@H](OC(=O)C(C)(C)C)[C@@H]1O. The first kappa shape index (κ1) is 28.8. The highest BCUT2D eigenvalue weighted by Crippen LogP contribution is 2.30. The van der Waals surface area contributed by atoms with Crippen molar-refractivity contribution in [2.24, 2.45) is 16.2 Å². The second-order valence-electron chi connectivity index (χ2n) is 11.4. The van der Waals surface area contributed by atoms with Gasteiger partial charge in [-0.3, -0.25) is 19.2 Å². The molecule has 0 unspecified atom stereocenters. The van der Waals surface area contributed by atoms with Gasteiger partial charge in [0.2, 0.25) is 12.2 Å². The lowest BCUT2D eigenvalue weighted by Gasteiger charge is -2.44. The Labute approximate surface area is 195 Å². The molecule has 1 heterocycles. The zero-order valence-electron chi connectivity index (χ0n) is 21.3. The topological polar surface area (TPSA) is 137 Å². The smallest absolute Gasteiger partial charge is 0.313 e. The molecule has 33 heavy (non-hydrogen) atoms. The molecule has 0 aromatic heterocycles. The summed E-state index contributed by atoms with van der Waals surface area (Å²) >= 11 is 0. The van der Waals surface area contributed by atoms with Gasteiger partial charge >= 0.3 is 17.9 Å². The summed E-state index contributed by atoms with van der Waals surface area (Å²) in [6.07, 6.45) is -5.37. The molecule has 0 aromatic rings. The minimum Gasteiger partial charge on any atom is -0.462 e. The Kier molecular flexibility index (Phi) is 9.07. The summed E-state index contributed by atoms with van der Waals surface area (Å²) in [7, 11) is 0. The summed E-state index contributed by atoms with van der Waals surface area (Å²) in [4.78, 5) is 49.1. The highest BCUT2D eigenvalue weighted by Gasteiger charge is 2.51. The highest BCUT2D eigenvalue weighted by atomic mass is 16.7. The van der Waals surface area contributed by atoms with Gasteiger partial charge in [0.15, 0.2) is 6.10 Å². The number of aliphatic hydroxyl groups excluding tert-OH is 1. The number of carbonyl (C=O) groups excluding carboxylic acids is 4. The van der Waals surface area contributed by atoms with Crippen LogP contribution in [0.1, 0.15) is 69.2 Å². The molecular weight excluding hydrogens is 434 g/mol. The van der Waals surface area contributed by atoms with Crippen molar-refractivity contribution in [1.82, 2.24) is 5.32 Å². The number of hydrogen-bond acceptors (Lipinski definition) is 9. The van der Waals surface area contributed by atoms with Gasteiger partial charge in [-0.1, -0.05) is 0 Å². The molecule has 1 fully saturated rings. The summed E-state index contributed by atoms with van der Waals surface area (Å²) in [6.45, 7) is 15.7. The quantitative estimate of drug-likeness (QED) is 0.451. The van der Waals surface area contributed by atoms with Crippen LogP contribution in [-0.4, -0.2) is 66.2 Å². The summed E-state index contributed by atoms with van der Waals surface area (Å²) in [6, 6.07) is -1.22. The van der Waals surface area contributed by atoms with Crippen LogP contribution in [0.3, 0.4) is 0 Å². The third-order valence-electron chi connectivity index (χ3n) is 4.73. The molecular formula is C23H39NO9. The summed E-state index contributed by atoms with van der Waals surface area (Å²) in [5.74, 6) is -2.31. The Morgan fingerprint density at radius 3 is 1.70 bits per heavy atom. The first-order valence-electron chi connectivity index (χ1n) is 10.9. The van der Waals surface area contributed by atoms with Gasteiger partial charge in [0.05, 0.1) is 16.2 Å². The Balaban J connectivity index is 3.29. The van der Waals surface area contributed by atoms with Crippen LogP contribution >= 0.6 is 0 Å². The van der Waals surface area contributed by atoms with Gasteiger partial charge in [-0.25, -0.2) is 0 Å². The maximum atomic E-state index is 12.6. The third kappa shape index (κ3) is 8.26. The standard InChI is InChI=1S/C23H39NO9/c1-12(25)24-14-15(26)16(32-19(28)22(5,6)7)13(11-30-18(27)21(2,3)4)31-17(14)33-20(29)23(8,9)10/h13-17,26H,11H2,1-10H3,(H,24,25)/t13-,14-,15-,16-,17+/m1/s1. The average Bonchev–Trinajstić information content (AvgIpc) is 2.62. The van der Waals surface area contributed by atoms with Gasteiger partial charge in [0.1, 0.15) is 24.9 Å². The minimum atomic E-state index is -1.51. The molecule has 10 heteroatoms. The minimum absolute atomic E-state index is 0.369. The Bertz CT molecular complexity index is 743. The predicted molar refractivity (Wildman–Crippen MR) is 118 cm³/mol. The summed E-state index contributed by atoms with van der Waals surface area (Å²) in [5.41, 5.74) is -2.59. The number of rotatable bonds is 5. The van der Waals surface area contributed by atoms with E-state index in [0.717, 1.165) is 0 Å². The van der Waals surface area contributed by atoms with Crippen molar-refractivity contribution < 1.29 is 43.2 Å². The Morgan fingerprint density at radius 1 is 0.818 bits per heavy atom. The van der Waals surface area contributed by atoms with E-state index < -0.39 is 70.7 Å². The van der Waals surface area contributed by atoms with Crippen LogP contribution in [0.5, 0.6) is 0 Å². The van der Waals surface area contributed by atoms with Crippen LogP contribution in [-0.2, 0) is 38.1 Å². The van der Waals surface area contributed by atoms with Gasteiger partial charge in [-0.15, -0.1) is 0 Å². The zero-order valence-corrected chi connectivity index (χ0v) is 21.3. The second-order valence-corrected chi connectivity index (χ2v) is 11.4. The van der Waals surface area contributed by atoms with E-state index >= 15 is 0 Å². The maximum Gasteiger partial charge on any atom is 0.313 e. The fourth-order valence-corrected chi connectivity index (χ4v) is 2.65. The molecule has 1 saturated heterocycles. The van der Waals surface area contributed by atoms with Crippen molar-refractivity contribution in [3.63, 3.8) is 0 Å². The van der Waals surface area contributed by atoms with Gasteiger partial charge in [-0.05, 0) is 62.3 Å². The van der Waals surface area contributed by atoms with Crippen LogP contribution in [0, 0.1) is 16.2 Å². The highest BCUT2D eigenvalue weighted by molar-refractivity contribution is 5.77. The molecule has 190 valence electrons. The number of esters is 3. The van der Waals surface area contributed by atoms with Crippen LogP contribution < -0.4 is 5.32 Å². The monoisotopic (exact) mass is 473 g/mol. The molecule has 0 saturated carbocycles. The van der Waals surface area contributed by atoms with Crippen molar-refractivity contribution in [3.8, 4) is 0 Å². The molecule has 0 bridgehead atoms. The molecule has 2 N–H and O–H groups in total. The van der Waals surface area contributed by atoms with E-state index in [9.17, 15) is 24.3 Å². The van der Waals surface area contributed by atoms with Crippen LogP contribution in [0.15, 0.2) is 0 Å². The van der Waals surface area contributed by atoms with Crippen molar-refractivity contribution >= 4 is 23.8 Å². The van der Waals surface area contributed by atoms with E-state index in [2.05, 4.69) is 5.32 Å². The van der Waals surface area contributed by atoms with Crippen LogP contribution in [0.2, 0.25) is 0 Å². The second kappa shape index (κ2) is 10.4. The van der Waals surface area contributed by atoms with Gasteiger partial charge in [0.25, 0.3) is 0 Å². The molecule has 0 aromatic carbocycles. The van der Waals surface area contributed by atoms with Crippen molar-refractivity contribution in [2.45, 2.75) is 99.9 Å². The molecule has 0 radical (unpaired) electrons. The lowest BCUT2D eigenvalue weighted by Crippen LogP contribution is -2.66.